The standard InChI is InChI=1S/C7H8N4O2.Mg.2H/c1-10-5-4(8-3-9-5)6(12)11(2)7(10)13;;;/h3H,1-2H3,(H,8,9);;;. The minimum Gasteiger partial charge on any atom is -0.339 e. The van der Waals surface area contributed by atoms with Gasteiger partial charge in [-0.05, 0) is 0 Å². The van der Waals surface area contributed by atoms with Gasteiger partial charge >= 0.3 is 28.7 Å². The van der Waals surface area contributed by atoms with Gasteiger partial charge in [0.1, 0.15) is 5.52 Å². The maximum absolute atomic E-state index is 11.4. The van der Waals surface area contributed by atoms with E-state index in [0.29, 0.717) is 11.2 Å². The van der Waals surface area contributed by atoms with E-state index in [1.54, 1.807) is 7.05 Å². The molecule has 0 aliphatic carbocycles. The number of aryl methyl sites for hydroxylation is 1. The van der Waals surface area contributed by atoms with Crippen LogP contribution in [0.2, 0.25) is 0 Å². The largest absolute Gasteiger partial charge is 0.339 e. The lowest BCUT2D eigenvalue weighted by Crippen LogP contribution is -2.36. The van der Waals surface area contributed by atoms with Crippen LogP contribution in [0.4, 0.5) is 0 Å². The maximum atomic E-state index is 11.4. The molecule has 2 aromatic rings. The van der Waals surface area contributed by atoms with E-state index in [9.17, 15) is 9.59 Å². The molecule has 0 aliphatic rings. The Kier molecular flexibility index (Phi) is 2.81. The van der Waals surface area contributed by atoms with Crippen LogP contribution >= 0.6 is 0 Å². The summed E-state index contributed by atoms with van der Waals surface area (Å²) in [4.78, 5) is 29.4. The zero-order valence-electron chi connectivity index (χ0n) is 7.24. The molecule has 2 aromatic heterocycles. The predicted molar refractivity (Wildman–Crippen MR) is 55.1 cm³/mol. The topological polar surface area (TPSA) is 72.7 Å². The second-order valence-electron chi connectivity index (χ2n) is 2.81. The van der Waals surface area contributed by atoms with Crippen molar-refractivity contribution in [3.05, 3.63) is 27.2 Å². The lowest BCUT2D eigenvalue weighted by atomic mass is 10.5. The number of fused-ring (bicyclic) bond motifs is 1. The van der Waals surface area contributed by atoms with Crippen molar-refractivity contribution in [2.75, 3.05) is 0 Å². The number of hydrogen-bond donors (Lipinski definition) is 1. The van der Waals surface area contributed by atoms with Crippen LogP contribution in [0.3, 0.4) is 0 Å². The Morgan fingerprint density at radius 1 is 1.29 bits per heavy atom. The van der Waals surface area contributed by atoms with Gasteiger partial charge < -0.3 is 4.98 Å². The Morgan fingerprint density at radius 2 is 1.93 bits per heavy atom. The molecule has 0 bridgehead atoms. The third-order valence-corrected chi connectivity index (χ3v) is 2.03. The first-order valence-electron chi connectivity index (χ1n) is 3.72. The second kappa shape index (κ2) is 3.58. The molecule has 6 nitrogen and oxygen atoms in total. The van der Waals surface area contributed by atoms with E-state index in [1.165, 1.54) is 17.9 Å². The number of nitrogens with one attached hydrogen (secondary N) is 1. The van der Waals surface area contributed by atoms with Crippen LogP contribution in [0.25, 0.3) is 11.2 Å². The Morgan fingerprint density at radius 3 is 2.57 bits per heavy atom. The summed E-state index contributed by atoms with van der Waals surface area (Å²) in [6.45, 7) is 0. The highest BCUT2D eigenvalue weighted by molar-refractivity contribution is 5.75. The number of aromatic amines is 1. The molecule has 0 aromatic carbocycles. The smallest absolute Gasteiger partial charge is 0.332 e. The molecule has 0 atom stereocenters. The summed E-state index contributed by atoms with van der Waals surface area (Å²) in [5.74, 6) is 0. The summed E-state index contributed by atoms with van der Waals surface area (Å²) in [5, 5.41) is 0. The summed E-state index contributed by atoms with van der Waals surface area (Å²) >= 11 is 0. The van der Waals surface area contributed by atoms with Gasteiger partial charge in [-0.15, -0.1) is 0 Å². The zero-order chi connectivity index (χ0) is 9.59. The number of nitrogens with zero attached hydrogens (tertiary/aromatic N) is 3. The van der Waals surface area contributed by atoms with Crippen LogP contribution in [0.15, 0.2) is 15.9 Å². The Labute approximate surface area is 94.7 Å². The summed E-state index contributed by atoms with van der Waals surface area (Å²) < 4.78 is 2.37. The van der Waals surface area contributed by atoms with Gasteiger partial charge in [0.25, 0.3) is 5.56 Å². The van der Waals surface area contributed by atoms with Crippen LogP contribution in [-0.4, -0.2) is 42.2 Å². The molecule has 0 fully saturated rings. The first-order chi connectivity index (χ1) is 6.13. The average Bonchev–Trinajstić information content (AvgIpc) is 2.59. The van der Waals surface area contributed by atoms with Gasteiger partial charge in [0.05, 0.1) is 6.33 Å². The van der Waals surface area contributed by atoms with E-state index < -0.39 is 0 Å². The average molecular weight is 206 g/mol. The maximum Gasteiger partial charge on any atom is 0.332 e. The van der Waals surface area contributed by atoms with Gasteiger partial charge in [-0.2, -0.15) is 0 Å². The van der Waals surface area contributed by atoms with Gasteiger partial charge in [-0.25, -0.2) is 9.78 Å². The van der Waals surface area contributed by atoms with Crippen LogP contribution in [0.5, 0.6) is 0 Å². The van der Waals surface area contributed by atoms with Crippen molar-refractivity contribution < 1.29 is 0 Å². The molecule has 0 aliphatic heterocycles. The highest BCUT2D eigenvalue weighted by atomic mass is 24.3. The monoisotopic (exact) mass is 206 g/mol. The van der Waals surface area contributed by atoms with E-state index in [-0.39, 0.29) is 34.3 Å². The van der Waals surface area contributed by atoms with Crippen molar-refractivity contribution in [1.82, 2.24) is 19.1 Å². The van der Waals surface area contributed by atoms with Crippen molar-refractivity contribution in [1.29, 1.82) is 0 Å². The summed E-state index contributed by atoms with van der Waals surface area (Å²) in [5.41, 5.74) is 0.0119. The van der Waals surface area contributed by atoms with Gasteiger partial charge in [0.15, 0.2) is 5.65 Å². The van der Waals surface area contributed by atoms with E-state index >= 15 is 0 Å². The number of hydrogen-bond acceptors (Lipinski definition) is 3. The first-order valence-corrected chi connectivity index (χ1v) is 3.72. The van der Waals surface area contributed by atoms with E-state index in [2.05, 4.69) is 9.97 Å². The van der Waals surface area contributed by atoms with E-state index in [1.807, 2.05) is 0 Å². The summed E-state index contributed by atoms with van der Waals surface area (Å²) in [7, 11) is 3.01. The van der Waals surface area contributed by atoms with Crippen LogP contribution in [-0.2, 0) is 14.1 Å². The molecule has 0 amide bonds. The van der Waals surface area contributed by atoms with Gasteiger partial charge in [0.2, 0.25) is 0 Å². The highest BCUT2D eigenvalue weighted by Crippen LogP contribution is 1.97. The molecule has 0 saturated carbocycles. The molecular formula is C7H10MgN4O2. The van der Waals surface area contributed by atoms with Crippen LogP contribution in [0, 0.1) is 0 Å². The minimum atomic E-state index is -0.371. The fourth-order valence-corrected chi connectivity index (χ4v) is 1.27. The molecule has 14 heavy (non-hydrogen) atoms. The number of aromatic nitrogens is 4. The predicted octanol–water partition coefficient (Wildman–Crippen LogP) is -1.96. The van der Waals surface area contributed by atoms with Gasteiger partial charge in [-0.1, -0.05) is 0 Å². The normalized spacial score (nSPS) is 10.1. The van der Waals surface area contributed by atoms with Crippen molar-refractivity contribution in [3.8, 4) is 0 Å². The molecule has 2 heterocycles. The van der Waals surface area contributed by atoms with Crippen LogP contribution in [0.1, 0.15) is 0 Å². The van der Waals surface area contributed by atoms with Crippen molar-refractivity contribution in [2.24, 2.45) is 14.1 Å². The molecule has 2 rings (SSSR count). The van der Waals surface area contributed by atoms with Gasteiger partial charge in [0, 0.05) is 14.1 Å². The summed E-state index contributed by atoms with van der Waals surface area (Å²) in [6, 6.07) is 0. The fraction of sp³-hybridized carbons (Fsp3) is 0.286. The molecule has 0 unspecified atom stereocenters. The fourth-order valence-electron chi connectivity index (χ4n) is 1.27. The lowest BCUT2D eigenvalue weighted by molar-refractivity contribution is 0.709. The molecule has 1 N–H and O–H groups in total. The minimum absolute atomic E-state index is 0. The Hall–Kier alpha value is -1.08. The third-order valence-electron chi connectivity index (χ3n) is 2.03. The van der Waals surface area contributed by atoms with E-state index in [4.69, 9.17) is 0 Å². The second-order valence-corrected chi connectivity index (χ2v) is 2.81. The highest BCUT2D eigenvalue weighted by Gasteiger charge is 2.08. The molecule has 0 spiro atoms. The quantitative estimate of drug-likeness (QED) is 0.509. The molecule has 0 saturated heterocycles. The SMILES string of the molecule is Cn1c(=O)c2[nH]cnc2n(C)c1=O.[MgH2]. The van der Waals surface area contributed by atoms with Crippen molar-refractivity contribution >= 4 is 34.2 Å². The van der Waals surface area contributed by atoms with Crippen LogP contribution < -0.4 is 11.2 Å². The zero-order valence-corrected chi connectivity index (χ0v) is 7.24. The Balaban J connectivity index is 0.000000980. The third kappa shape index (κ3) is 1.28. The van der Waals surface area contributed by atoms with Crippen molar-refractivity contribution in [3.63, 3.8) is 0 Å². The summed E-state index contributed by atoms with van der Waals surface area (Å²) in [6.07, 6.45) is 1.39. The number of H-pyrrole nitrogens is 1. The molecule has 0 radical (unpaired) electrons. The van der Waals surface area contributed by atoms with E-state index in [0.717, 1.165) is 4.57 Å². The van der Waals surface area contributed by atoms with Gasteiger partial charge in [-0.3, -0.25) is 13.9 Å². The Bertz CT molecular complexity index is 579. The number of imidazole rings is 1. The van der Waals surface area contributed by atoms with Crippen molar-refractivity contribution in [2.45, 2.75) is 0 Å². The lowest BCUT2D eigenvalue weighted by Gasteiger charge is -2.00. The number of rotatable bonds is 0. The molecular weight excluding hydrogens is 196 g/mol. The first kappa shape index (κ1) is 11.0. The molecule has 7 heteroatoms. The molecule has 72 valence electrons.